The van der Waals surface area contributed by atoms with Gasteiger partial charge in [0.2, 0.25) is 10.0 Å². The van der Waals surface area contributed by atoms with E-state index in [-0.39, 0.29) is 15.9 Å². The first-order valence-electron chi connectivity index (χ1n) is 10.8. The molecule has 2 aliphatic rings. The summed E-state index contributed by atoms with van der Waals surface area (Å²) < 4.78 is 70.5. The first-order valence-corrected chi connectivity index (χ1v) is 13.1. The molecule has 3 aromatic rings. The Balaban J connectivity index is 1.66. The zero-order chi connectivity index (χ0) is 24.3. The van der Waals surface area contributed by atoms with E-state index in [1.807, 2.05) is 18.7 Å². The van der Waals surface area contributed by atoms with Gasteiger partial charge in [-0.3, -0.25) is 4.40 Å². The lowest BCUT2D eigenvalue weighted by Crippen LogP contribution is -2.56. The van der Waals surface area contributed by atoms with Crippen molar-refractivity contribution >= 4 is 32.7 Å². The Labute approximate surface area is 198 Å². The van der Waals surface area contributed by atoms with Crippen molar-refractivity contribution in [1.29, 1.82) is 0 Å². The number of piperazine rings is 1. The number of imidazole rings is 1. The monoisotopic (exact) mass is 515 g/mol. The maximum Gasteiger partial charge on any atom is 0.291 e. The smallest absolute Gasteiger partial charge is 0.291 e. The molecule has 2 atom stereocenters. The summed E-state index contributed by atoms with van der Waals surface area (Å²) in [6, 6.07) is 1.08. The molecule has 4 heterocycles. The minimum atomic E-state index is -3.89. The highest BCUT2D eigenvalue weighted by Gasteiger charge is 2.41. The second-order valence-electron chi connectivity index (χ2n) is 9.13. The second kappa shape index (κ2) is 8.43. The Hall–Kier alpha value is -2.29. The normalized spacial score (nSPS) is 22.6. The third kappa shape index (κ3) is 4.39. The van der Waals surface area contributed by atoms with E-state index in [0.717, 1.165) is 24.2 Å². The maximum atomic E-state index is 13.5. The minimum absolute atomic E-state index is 0.00366. The van der Waals surface area contributed by atoms with Crippen LogP contribution in [0.4, 0.5) is 18.9 Å². The fraction of sp³-hybridized carbons (Fsp3) is 0.550. The molecule has 9 nitrogen and oxygen atoms in total. The number of halogens is 3. The van der Waals surface area contributed by atoms with Gasteiger partial charge in [0.05, 0.1) is 17.9 Å². The van der Waals surface area contributed by atoms with Crippen LogP contribution in [0.5, 0.6) is 0 Å². The van der Waals surface area contributed by atoms with Gasteiger partial charge >= 0.3 is 0 Å². The third-order valence-corrected chi connectivity index (χ3v) is 8.64. The molecule has 1 aliphatic heterocycles. The van der Waals surface area contributed by atoms with Gasteiger partial charge in [-0.1, -0.05) is 11.3 Å². The second-order valence-corrected chi connectivity index (χ2v) is 11.8. The highest BCUT2D eigenvalue weighted by molar-refractivity contribution is 7.89. The van der Waals surface area contributed by atoms with Crippen LogP contribution >= 0.6 is 11.3 Å². The van der Waals surface area contributed by atoms with Crippen LogP contribution in [-0.4, -0.2) is 65.4 Å². The number of fused-ring (bicyclic) bond motifs is 1. The number of alkyl halides is 3. The number of nitrogens with zero attached hydrogens (tertiary/aromatic N) is 5. The number of hydrogen-bond acceptors (Lipinski definition) is 8. The van der Waals surface area contributed by atoms with Crippen LogP contribution in [0.1, 0.15) is 38.1 Å². The van der Waals surface area contributed by atoms with Crippen molar-refractivity contribution in [3.05, 3.63) is 23.5 Å². The van der Waals surface area contributed by atoms with Crippen molar-refractivity contribution in [2.24, 2.45) is 0 Å². The van der Waals surface area contributed by atoms with Crippen LogP contribution in [0, 0.1) is 0 Å². The highest BCUT2D eigenvalue weighted by Crippen LogP contribution is 2.37. The summed E-state index contributed by atoms with van der Waals surface area (Å²) in [5, 5.41) is 10.3. The fourth-order valence-electron chi connectivity index (χ4n) is 4.15. The molecule has 0 radical (unpaired) electrons. The van der Waals surface area contributed by atoms with E-state index in [0.29, 0.717) is 30.1 Å². The Morgan fingerprint density at radius 1 is 1.32 bits per heavy atom. The summed E-state index contributed by atoms with van der Waals surface area (Å²) in [6.45, 7) is 4.02. The summed E-state index contributed by atoms with van der Waals surface area (Å²) in [5.41, 5.74) is 0.799. The molecule has 2 fully saturated rings. The third-order valence-electron chi connectivity index (χ3n) is 6.08. The van der Waals surface area contributed by atoms with Gasteiger partial charge in [-0.05, 0) is 32.8 Å². The van der Waals surface area contributed by atoms with Crippen LogP contribution in [0.15, 0.2) is 23.4 Å². The number of aromatic nitrogens is 4. The lowest BCUT2D eigenvalue weighted by atomic mass is 10.1. The molecule has 184 valence electrons. The van der Waals surface area contributed by atoms with Crippen molar-refractivity contribution in [2.45, 2.75) is 55.6 Å². The molecule has 3 aromatic heterocycles. The van der Waals surface area contributed by atoms with E-state index in [1.165, 1.54) is 22.9 Å². The largest absolute Gasteiger partial charge is 0.365 e. The van der Waals surface area contributed by atoms with Gasteiger partial charge in [0.25, 0.3) is 6.43 Å². The number of anilines is 1. The van der Waals surface area contributed by atoms with Crippen LogP contribution in [0.3, 0.4) is 0 Å². The molecule has 34 heavy (non-hydrogen) atoms. The summed E-state index contributed by atoms with van der Waals surface area (Å²) in [4.78, 5) is 6.36. The van der Waals surface area contributed by atoms with Gasteiger partial charge in [0.15, 0.2) is 15.7 Å². The Morgan fingerprint density at radius 2 is 2.09 bits per heavy atom. The van der Waals surface area contributed by atoms with Crippen molar-refractivity contribution in [2.75, 3.05) is 24.7 Å². The van der Waals surface area contributed by atoms with Crippen LogP contribution in [0.25, 0.3) is 16.3 Å². The SMILES string of the molecule is C[C@H]1CN(c2cc(S(=O)(=O)NC3(C)CC3)cn3c(-c4nnc(C(F)F)s4)cnc23)C[C@H](CF)N1. The van der Waals surface area contributed by atoms with Crippen molar-refractivity contribution in [3.8, 4) is 10.7 Å². The zero-order valence-corrected chi connectivity index (χ0v) is 20.1. The number of pyridine rings is 1. The average molecular weight is 516 g/mol. The summed E-state index contributed by atoms with van der Waals surface area (Å²) >= 11 is 0.721. The Morgan fingerprint density at radius 3 is 2.74 bits per heavy atom. The average Bonchev–Trinajstić information content (AvgIpc) is 3.18. The molecule has 14 heteroatoms. The number of rotatable bonds is 7. The lowest BCUT2D eigenvalue weighted by Gasteiger charge is -2.38. The van der Waals surface area contributed by atoms with E-state index in [2.05, 4.69) is 25.2 Å². The van der Waals surface area contributed by atoms with Gasteiger partial charge in [-0.2, -0.15) is 0 Å². The van der Waals surface area contributed by atoms with E-state index < -0.39 is 39.7 Å². The molecule has 0 bridgehead atoms. The van der Waals surface area contributed by atoms with Crippen molar-refractivity contribution < 1.29 is 21.6 Å². The van der Waals surface area contributed by atoms with Gasteiger partial charge < -0.3 is 10.2 Å². The first-order chi connectivity index (χ1) is 16.1. The topological polar surface area (TPSA) is 105 Å². The zero-order valence-electron chi connectivity index (χ0n) is 18.5. The molecule has 0 spiro atoms. The molecular formula is C20H24F3N7O2S2. The lowest BCUT2D eigenvalue weighted by molar-refractivity contribution is 0.150. The van der Waals surface area contributed by atoms with Crippen molar-refractivity contribution in [3.63, 3.8) is 0 Å². The van der Waals surface area contributed by atoms with E-state index in [9.17, 15) is 21.6 Å². The quantitative estimate of drug-likeness (QED) is 0.499. The molecule has 0 amide bonds. The maximum absolute atomic E-state index is 13.5. The van der Waals surface area contributed by atoms with Gasteiger partial charge in [0.1, 0.15) is 17.3 Å². The van der Waals surface area contributed by atoms with E-state index in [1.54, 1.807) is 0 Å². The standard InChI is InChI=1S/C20H24F3N7O2S2/c1-11-8-29(9-12(6-21)25-11)14-5-13(34(31,32)28-20(2)3-4-20)10-30-15(7-24-17(14)30)18-26-27-19(33-18)16(22)23/h5,7,10-12,16,25,28H,3-4,6,8-9H2,1-2H3/t11-,12-/m0/s1. The predicted molar refractivity (Wildman–Crippen MR) is 122 cm³/mol. The van der Waals surface area contributed by atoms with E-state index in [4.69, 9.17) is 0 Å². The summed E-state index contributed by atoms with van der Waals surface area (Å²) in [6.07, 6.45) is 1.59. The van der Waals surface area contributed by atoms with Crippen LogP contribution < -0.4 is 14.9 Å². The number of hydrogen-bond donors (Lipinski definition) is 2. The van der Waals surface area contributed by atoms with Crippen LogP contribution in [0.2, 0.25) is 0 Å². The fourth-order valence-corrected chi connectivity index (χ4v) is 6.34. The molecule has 5 rings (SSSR count). The predicted octanol–water partition coefficient (Wildman–Crippen LogP) is 2.76. The molecular weight excluding hydrogens is 491 g/mol. The molecule has 0 aromatic carbocycles. The molecule has 1 saturated heterocycles. The molecule has 2 N–H and O–H groups in total. The minimum Gasteiger partial charge on any atom is -0.365 e. The number of nitrogens with one attached hydrogen (secondary N) is 2. The van der Waals surface area contributed by atoms with Gasteiger partial charge in [-0.15, -0.1) is 10.2 Å². The molecule has 0 unspecified atom stereocenters. The Kier molecular flexibility index (Phi) is 5.81. The van der Waals surface area contributed by atoms with Crippen molar-refractivity contribution in [1.82, 2.24) is 29.6 Å². The van der Waals surface area contributed by atoms with Crippen LogP contribution in [-0.2, 0) is 10.0 Å². The number of sulfonamides is 1. The van der Waals surface area contributed by atoms with Gasteiger partial charge in [0, 0.05) is 30.9 Å². The highest BCUT2D eigenvalue weighted by atomic mass is 32.2. The first kappa shape index (κ1) is 23.5. The molecule has 1 saturated carbocycles. The van der Waals surface area contributed by atoms with Gasteiger partial charge in [-0.25, -0.2) is 31.3 Å². The Bertz CT molecular complexity index is 1320. The summed E-state index contributed by atoms with van der Waals surface area (Å²) in [7, 11) is -3.89. The molecule has 1 aliphatic carbocycles. The summed E-state index contributed by atoms with van der Waals surface area (Å²) in [5.74, 6) is 0. The van der Waals surface area contributed by atoms with E-state index >= 15 is 0 Å².